The Morgan fingerprint density at radius 3 is 2.58 bits per heavy atom. The molecule has 0 fully saturated rings. The zero-order valence-corrected chi connectivity index (χ0v) is 9.32. The summed E-state index contributed by atoms with van der Waals surface area (Å²) in [6.07, 6.45) is 0.183. The maximum Gasteiger partial charge on any atom is 0.121 e. The smallest absolute Gasteiger partial charge is 0.121 e. The molecule has 1 rings (SSSR count). The summed E-state index contributed by atoms with van der Waals surface area (Å²) in [5, 5.41) is 0.674. The lowest BCUT2D eigenvalue weighted by molar-refractivity contribution is 0.242. The van der Waals surface area contributed by atoms with E-state index in [2.05, 4.69) is 15.9 Å². The minimum Gasteiger partial charge on any atom is -0.491 e. The second-order valence-electron chi connectivity index (χ2n) is 2.74. The van der Waals surface area contributed by atoms with Crippen molar-refractivity contribution in [1.29, 1.82) is 0 Å². The first-order valence-corrected chi connectivity index (χ1v) is 4.88. The molecule has 0 N–H and O–H groups in total. The molecule has 0 saturated heterocycles. The Morgan fingerprint density at radius 2 is 2.08 bits per heavy atom. The summed E-state index contributed by atoms with van der Waals surface area (Å²) in [5.74, 6) is 0.804. The largest absolute Gasteiger partial charge is 0.491 e. The first-order valence-electron chi connectivity index (χ1n) is 3.71. The molecule has 0 aliphatic carbocycles. The molecule has 0 radical (unpaired) electrons. The molecule has 1 nitrogen and oxygen atoms in total. The van der Waals surface area contributed by atoms with Gasteiger partial charge < -0.3 is 4.74 Å². The van der Waals surface area contributed by atoms with Gasteiger partial charge in [-0.2, -0.15) is 0 Å². The van der Waals surface area contributed by atoms with Crippen molar-refractivity contribution in [3.05, 3.63) is 27.7 Å². The predicted octanol–water partition coefficient (Wildman–Crippen LogP) is 3.89. The van der Waals surface area contributed by atoms with Gasteiger partial charge in [0, 0.05) is 4.47 Å². The highest BCUT2D eigenvalue weighted by atomic mass is 79.9. The Balaban J connectivity index is 2.82. The molecule has 0 aliphatic heterocycles. The normalized spacial score (nSPS) is 10.4. The molecule has 0 aromatic heterocycles. The Labute approximate surface area is 85.8 Å². The van der Waals surface area contributed by atoms with Crippen LogP contribution in [0.15, 0.2) is 22.7 Å². The van der Waals surface area contributed by atoms with E-state index in [0.717, 1.165) is 10.2 Å². The third kappa shape index (κ3) is 2.68. The molecule has 3 heteroatoms. The molecule has 0 aliphatic rings. The van der Waals surface area contributed by atoms with Crippen LogP contribution in [-0.4, -0.2) is 6.10 Å². The van der Waals surface area contributed by atoms with E-state index < -0.39 is 0 Å². The summed E-state index contributed by atoms with van der Waals surface area (Å²) in [5.41, 5.74) is 0. The fraction of sp³-hybridized carbons (Fsp3) is 0.333. The lowest BCUT2D eigenvalue weighted by Gasteiger charge is -2.09. The molecule has 0 spiro atoms. The quantitative estimate of drug-likeness (QED) is 0.773. The highest BCUT2D eigenvalue weighted by Crippen LogP contribution is 2.27. The minimum absolute atomic E-state index is 0.183. The van der Waals surface area contributed by atoms with E-state index in [-0.39, 0.29) is 6.10 Å². The second kappa shape index (κ2) is 4.15. The summed E-state index contributed by atoms with van der Waals surface area (Å²) in [6.45, 7) is 3.96. The SMILES string of the molecule is CC(C)Oc1ccc(Br)c(Cl)c1. The van der Waals surface area contributed by atoms with Crippen LogP contribution < -0.4 is 4.74 Å². The number of halogens is 2. The van der Waals surface area contributed by atoms with Crippen molar-refractivity contribution in [2.45, 2.75) is 20.0 Å². The predicted molar refractivity (Wildman–Crippen MR) is 54.9 cm³/mol. The molecule has 0 amide bonds. The van der Waals surface area contributed by atoms with Crippen molar-refractivity contribution in [2.24, 2.45) is 0 Å². The van der Waals surface area contributed by atoms with Crippen LogP contribution in [0, 0.1) is 0 Å². The highest BCUT2D eigenvalue weighted by molar-refractivity contribution is 9.10. The lowest BCUT2D eigenvalue weighted by Crippen LogP contribution is -2.05. The van der Waals surface area contributed by atoms with E-state index >= 15 is 0 Å². The van der Waals surface area contributed by atoms with Crippen LogP contribution >= 0.6 is 27.5 Å². The number of hydrogen-bond acceptors (Lipinski definition) is 1. The van der Waals surface area contributed by atoms with Gasteiger partial charge in [0.25, 0.3) is 0 Å². The maximum absolute atomic E-state index is 5.87. The van der Waals surface area contributed by atoms with Gasteiger partial charge in [0.1, 0.15) is 5.75 Å². The minimum atomic E-state index is 0.183. The van der Waals surface area contributed by atoms with Gasteiger partial charge in [0.15, 0.2) is 0 Å². The summed E-state index contributed by atoms with van der Waals surface area (Å²) in [7, 11) is 0. The zero-order valence-electron chi connectivity index (χ0n) is 6.97. The van der Waals surface area contributed by atoms with Gasteiger partial charge in [0.05, 0.1) is 11.1 Å². The van der Waals surface area contributed by atoms with Crippen LogP contribution in [-0.2, 0) is 0 Å². The average molecular weight is 250 g/mol. The summed E-state index contributed by atoms with van der Waals surface area (Å²) in [4.78, 5) is 0. The van der Waals surface area contributed by atoms with Crippen molar-refractivity contribution in [2.75, 3.05) is 0 Å². The fourth-order valence-electron chi connectivity index (χ4n) is 0.822. The molecule has 1 aromatic rings. The van der Waals surface area contributed by atoms with Crippen molar-refractivity contribution < 1.29 is 4.74 Å². The van der Waals surface area contributed by atoms with Gasteiger partial charge in [-0.15, -0.1) is 0 Å². The van der Waals surface area contributed by atoms with Crippen LogP contribution in [0.2, 0.25) is 5.02 Å². The van der Waals surface area contributed by atoms with Crippen LogP contribution in [0.5, 0.6) is 5.75 Å². The summed E-state index contributed by atoms with van der Waals surface area (Å²) < 4.78 is 6.33. The topological polar surface area (TPSA) is 9.23 Å². The van der Waals surface area contributed by atoms with Crippen LogP contribution in [0.1, 0.15) is 13.8 Å². The van der Waals surface area contributed by atoms with E-state index in [1.54, 1.807) is 6.07 Å². The average Bonchev–Trinajstić information content (AvgIpc) is 1.96. The van der Waals surface area contributed by atoms with Crippen LogP contribution in [0.4, 0.5) is 0 Å². The molecular formula is C9H10BrClO. The van der Waals surface area contributed by atoms with Gasteiger partial charge in [-0.3, -0.25) is 0 Å². The summed E-state index contributed by atoms with van der Waals surface area (Å²) >= 11 is 9.18. The Kier molecular flexibility index (Phi) is 3.41. The third-order valence-electron chi connectivity index (χ3n) is 1.26. The summed E-state index contributed by atoms with van der Waals surface area (Å²) in [6, 6.07) is 5.56. The molecule has 1 aromatic carbocycles. The highest BCUT2D eigenvalue weighted by Gasteiger charge is 2.00. The molecular weight excluding hydrogens is 239 g/mol. The van der Waals surface area contributed by atoms with Gasteiger partial charge in [-0.05, 0) is 48.0 Å². The van der Waals surface area contributed by atoms with Crippen molar-refractivity contribution in [3.63, 3.8) is 0 Å². The second-order valence-corrected chi connectivity index (χ2v) is 4.00. The molecule has 0 atom stereocenters. The molecule has 0 heterocycles. The first kappa shape index (κ1) is 9.87. The fourth-order valence-corrected chi connectivity index (χ4v) is 1.24. The molecule has 0 bridgehead atoms. The number of rotatable bonds is 2. The van der Waals surface area contributed by atoms with Crippen molar-refractivity contribution >= 4 is 27.5 Å². The molecule has 12 heavy (non-hydrogen) atoms. The van der Waals surface area contributed by atoms with Crippen LogP contribution in [0.25, 0.3) is 0 Å². The molecule has 0 unspecified atom stereocenters. The van der Waals surface area contributed by atoms with E-state index in [9.17, 15) is 0 Å². The zero-order chi connectivity index (χ0) is 9.14. The number of hydrogen-bond donors (Lipinski definition) is 0. The van der Waals surface area contributed by atoms with E-state index in [0.29, 0.717) is 5.02 Å². The Hall–Kier alpha value is -0.210. The number of ether oxygens (including phenoxy) is 1. The maximum atomic E-state index is 5.87. The van der Waals surface area contributed by atoms with Gasteiger partial charge in [-0.1, -0.05) is 11.6 Å². The molecule has 0 saturated carbocycles. The van der Waals surface area contributed by atoms with E-state index in [1.165, 1.54) is 0 Å². The first-order chi connectivity index (χ1) is 5.59. The Morgan fingerprint density at radius 1 is 1.42 bits per heavy atom. The van der Waals surface area contributed by atoms with Gasteiger partial charge in [0.2, 0.25) is 0 Å². The number of benzene rings is 1. The van der Waals surface area contributed by atoms with Gasteiger partial charge in [-0.25, -0.2) is 0 Å². The lowest BCUT2D eigenvalue weighted by atomic mass is 10.3. The van der Waals surface area contributed by atoms with Crippen molar-refractivity contribution in [1.82, 2.24) is 0 Å². The van der Waals surface area contributed by atoms with Gasteiger partial charge >= 0.3 is 0 Å². The third-order valence-corrected chi connectivity index (χ3v) is 2.50. The van der Waals surface area contributed by atoms with E-state index in [4.69, 9.17) is 16.3 Å². The monoisotopic (exact) mass is 248 g/mol. The standard InChI is InChI=1S/C9H10BrClO/c1-6(2)12-7-3-4-8(10)9(11)5-7/h3-6H,1-2H3. The Bertz CT molecular complexity index is 273. The van der Waals surface area contributed by atoms with E-state index in [1.807, 2.05) is 26.0 Å². The van der Waals surface area contributed by atoms with Crippen molar-refractivity contribution in [3.8, 4) is 5.75 Å². The van der Waals surface area contributed by atoms with Crippen LogP contribution in [0.3, 0.4) is 0 Å². The molecule has 66 valence electrons.